The van der Waals surface area contributed by atoms with Crippen LogP contribution in [0.5, 0.6) is 0 Å². The van der Waals surface area contributed by atoms with Crippen LogP contribution >= 0.6 is 11.3 Å². The maximum Gasteiger partial charge on any atom is 0.0496 e. The van der Waals surface area contributed by atoms with Gasteiger partial charge >= 0.3 is 0 Å². The molecule has 0 amide bonds. The molecule has 2 heteroatoms. The lowest BCUT2D eigenvalue weighted by Crippen LogP contribution is -1.98. The van der Waals surface area contributed by atoms with E-state index in [-0.39, 0.29) is 0 Å². The van der Waals surface area contributed by atoms with Crippen molar-refractivity contribution >= 4 is 17.0 Å². The Morgan fingerprint density at radius 3 is 2.47 bits per heavy atom. The Bertz CT molecular complexity index is 484. The number of benzene rings is 1. The fraction of sp³-hybridized carbons (Fsp3) is 0.412. The quantitative estimate of drug-likeness (QED) is 0.666. The molecule has 0 saturated carbocycles. The van der Waals surface area contributed by atoms with E-state index in [0.717, 1.165) is 6.54 Å². The highest BCUT2D eigenvalue weighted by molar-refractivity contribution is 7.10. The van der Waals surface area contributed by atoms with E-state index in [2.05, 4.69) is 54.9 Å². The van der Waals surface area contributed by atoms with Crippen molar-refractivity contribution in [1.82, 2.24) is 0 Å². The second-order valence-electron chi connectivity index (χ2n) is 5.03. The molecule has 2 rings (SSSR count). The van der Waals surface area contributed by atoms with Crippen LogP contribution in [0.25, 0.3) is 0 Å². The Kier molecular flexibility index (Phi) is 5.46. The van der Waals surface area contributed by atoms with Crippen LogP contribution in [0.3, 0.4) is 0 Å². The first-order chi connectivity index (χ1) is 9.29. The van der Waals surface area contributed by atoms with Crippen LogP contribution in [0.4, 0.5) is 5.69 Å². The summed E-state index contributed by atoms with van der Waals surface area (Å²) in [6.45, 7) is 5.35. The van der Waals surface area contributed by atoms with Gasteiger partial charge in [-0.3, -0.25) is 0 Å². The van der Waals surface area contributed by atoms with Crippen molar-refractivity contribution in [3.8, 4) is 0 Å². The van der Waals surface area contributed by atoms with E-state index in [4.69, 9.17) is 0 Å². The Morgan fingerprint density at radius 2 is 1.84 bits per heavy atom. The Balaban J connectivity index is 1.83. The van der Waals surface area contributed by atoms with Gasteiger partial charge in [-0.05, 0) is 54.5 Å². The fourth-order valence-corrected chi connectivity index (χ4v) is 2.98. The van der Waals surface area contributed by atoms with Crippen LogP contribution in [0.2, 0.25) is 0 Å². The highest BCUT2D eigenvalue weighted by Gasteiger charge is 2.00. The van der Waals surface area contributed by atoms with Gasteiger partial charge in [0.25, 0.3) is 0 Å². The van der Waals surface area contributed by atoms with Gasteiger partial charge < -0.3 is 5.32 Å². The van der Waals surface area contributed by atoms with E-state index in [1.54, 1.807) is 0 Å². The summed E-state index contributed by atoms with van der Waals surface area (Å²) >= 11 is 1.82. The molecule has 1 nitrogen and oxygen atoms in total. The summed E-state index contributed by atoms with van der Waals surface area (Å²) in [4.78, 5) is 1.42. The first kappa shape index (κ1) is 14.1. The maximum atomic E-state index is 3.49. The number of unbranched alkanes of at least 4 members (excludes halogenated alkanes) is 2. The number of nitrogens with one attached hydrogen (secondary N) is 1. The highest BCUT2D eigenvalue weighted by atomic mass is 32.1. The first-order valence-corrected chi connectivity index (χ1v) is 8.03. The third kappa shape index (κ3) is 4.39. The fourth-order valence-electron chi connectivity index (χ4n) is 2.14. The third-order valence-electron chi connectivity index (χ3n) is 3.44. The summed E-state index contributed by atoms with van der Waals surface area (Å²) in [6.07, 6.45) is 5.13. The van der Waals surface area contributed by atoms with Crippen LogP contribution in [-0.2, 0) is 13.0 Å². The highest BCUT2D eigenvalue weighted by Crippen LogP contribution is 2.18. The normalized spacial score (nSPS) is 10.6. The summed E-state index contributed by atoms with van der Waals surface area (Å²) in [7, 11) is 0. The van der Waals surface area contributed by atoms with Crippen molar-refractivity contribution in [2.24, 2.45) is 0 Å². The minimum Gasteiger partial charge on any atom is -0.380 e. The molecule has 0 aliphatic heterocycles. The van der Waals surface area contributed by atoms with E-state index in [9.17, 15) is 0 Å². The van der Waals surface area contributed by atoms with Gasteiger partial charge in [0.1, 0.15) is 0 Å². The van der Waals surface area contributed by atoms with Crippen LogP contribution in [-0.4, -0.2) is 0 Å². The standard InChI is InChI=1S/C17H23NS/c1-3-4-5-6-15-7-9-16(10-8-15)18-13-17-14(2)11-12-19-17/h7-12,18H,3-6,13H2,1-2H3. The van der Waals surface area contributed by atoms with Crippen molar-refractivity contribution in [3.63, 3.8) is 0 Å². The average molecular weight is 273 g/mol. The number of thiophene rings is 1. The number of rotatable bonds is 7. The van der Waals surface area contributed by atoms with Gasteiger partial charge in [-0.25, -0.2) is 0 Å². The molecule has 0 saturated heterocycles. The van der Waals surface area contributed by atoms with Crippen molar-refractivity contribution in [1.29, 1.82) is 0 Å². The van der Waals surface area contributed by atoms with Crippen molar-refractivity contribution in [3.05, 3.63) is 51.7 Å². The number of hydrogen-bond acceptors (Lipinski definition) is 2. The van der Waals surface area contributed by atoms with Gasteiger partial charge in [-0.2, -0.15) is 0 Å². The maximum absolute atomic E-state index is 3.49. The van der Waals surface area contributed by atoms with Crippen molar-refractivity contribution in [2.45, 2.75) is 46.1 Å². The molecule has 1 aromatic heterocycles. The molecule has 1 aromatic carbocycles. The molecule has 0 atom stereocenters. The molecule has 0 spiro atoms. The zero-order chi connectivity index (χ0) is 13.5. The molecular weight excluding hydrogens is 250 g/mol. The van der Waals surface area contributed by atoms with Gasteiger partial charge in [0.05, 0.1) is 0 Å². The molecule has 2 aromatic rings. The SMILES string of the molecule is CCCCCc1ccc(NCc2sccc2C)cc1. The Hall–Kier alpha value is -1.28. The topological polar surface area (TPSA) is 12.0 Å². The number of hydrogen-bond donors (Lipinski definition) is 1. The predicted molar refractivity (Wildman–Crippen MR) is 86.1 cm³/mol. The smallest absolute Gasteiger partial charge is 0.0496 e. The molecular formula is C17H23NS. The third-order valence-corrected chi connectivity index (χ3v) is 4.47. The molecule has 19 heavy (non-hydrogen) atoms. The molecule has 0 bridgehead atoms. The summed E-state index contributed by atoms with van der Waals surface area (Å²) in [5, 5.41) is 5.65. The number of aryl methyl sites for hydroxylation is 2. The molecule has 102 valence electrons. The second kappa shape index (κ2) is 7.34. The van der Waals surface area contributed by atoms with E-state index < -0.39 is 0 Å². The van der Waals surface area contributed by atoms with Crippen molar-refractivity contribution < 1.29 is 0 Å². The molecule has 0 radical (unpaired) electrons. The van der Waals surface area contributed by atoms with Gasteiger partial charge in [-0.1, -0.05) is 31.9 Å². The minimum absolute atomic E-state index is 0.929. The summed E-state index contributed by atoms with van der Waals surface area (Å²) in [5.74, 6) is 0. The van der Waals surface area contributed by atoms with Gasteiger partial charge in [0.15, 0.2) is 0 Å². The summed E-state index contributed by atoms with van der Waals surface area (Å²) in [6, 6.07) is 11.1. The number of anilines is 1. The average Bonchev–Trinajstić information content (AvgIpc) is 2.84. The van der Waals surface area contributed by atoms with E-state index in [1.807, 2.05) is 11.3 Å². The lowest BCUT2D eigenvalue weighted by Gasteiger charge is -2.07. The predicted octanol–water partition coefficient (Wildman–Crippen LogP) is 5.40. The minimum atomic E-state index is 0.929. The molecule has 0 aliphatic rings. The van der Waals surface area contributed by atoms with Crippen LogP contribution in [0.15, 0.2) is 35.7 Å². The van der Waals surface area contributed by atoms with E-state index in [1.165, 1.54) is 47.4 Å². The Labute approximate surface area is 120 Å². The first-order valence-electron chi connectivity index (χ1n) is 7.15. The summed E-state index contributed by atoms with van der Waals surface area (Å²) < 4.78 is 0. The molecule has 1 N–H and O–H groups in total. The van der Waals surface area contributed by atoms with Crippen LogP contribution in [0, 0.1) is 6.92 Å². The molecule has 1 heterocycles. The largest absolute Gasteiger partial charge is 0.380 e. The Morgan fingerprint density at radius 1 is 1.05 bits per heavy atom. The lowest BCUT2D eigenvalue weighted by molar-refractivity contribution is 0.717. The van der Waals surface area contributed by atoms with Crippen LogP contribution < -0.4 is 5.32 Å². The van der Waals surface area contributed by atoms with Gasteiger partial charge in [-0.15, -0.1) is 11.3 Å². The molecule has 0 unspecified atom stereocenters. The summed E-state index contributed by atoms with van der Waals surface area (Å²) in [5.41, 5.74) is 4.05. The zero-order valence-electron chi connectivity index (χ0n) is 11.9. The van der Waals surface area contributed by atoms with Gasteiger partial charge in [0.2, 0.25) is 0 Å². The van der Waals surface area contributed by atoms with Crippen LogP contribution in [0.1, 0.15) is 42.2 Å². The monoisotopic (exact) mass is 273 g/mol. The van der Waals surface area contributed by atoms with E-state index >= 15 is 0 Å². The zero-order valence-corrected chi connectivity index (χ0v) is 12.7. The van der Waals surface area contributed by atoms with E-state index in [0.29, 0.717) is 0 Å². The van der Waals surface area contributed by atoms with Gasteiger partial charge in [0, 0.05) is 17.1 Å². The second-order valence-corrected chi connectivity index (χ2v) is 6.04. The lowest BCUT2D eigenvalue weighted by atomic mass is 10.1. The molecule has 0 fully saturated rings. The molecule has 0 aliphatic carbocycles. The van der Waals surface area contributed by atoms with Crippen molar-refractivity contribution in [2.75, 3.05) is 5.32 Å².